The predicted octanol–water partition coefficient (Wildman–Crippen LogP) is 0.812. The topological polar surface area (TPSA) is 152 Å². The Balaban J connectivity index is 1.90. The number of hydrogen-bond donors (Lipinski definition) is 3. The molecule has 2 saturated heterocycles. The fourth-order valence-electron chi connectivity index (χ4n) is 6.43. The van der Waals surface area contributed by atoms with Crippen molar-refractivity contribution < 1.29 is 48.7 Å². The van der Waals surface area contributed by atoms with E-state index in [-0.39, 0.29) is 6.42 Å². The lowest BCUT2D eigenvalue weighted by Crippen LogP contribution is -2.66. The average Bonchev–Trinajstić information content (AvgIpc) is 3.59. The molecule has 3 N–H and O–H groups in total. The third kappa shape index (κ3) is 4.08. The summed E-state index contributed by atoms with van der Waals surface area (Å²) in [5.74, 6) is -4.22. The molecule has 2 aliphatic heterocycles. The van der Waals surface area contributed by atoms with E-state index in [4.69, 9.17) is 18.9 Å². The van der Waals surface area contributed by atoms with Crippen LogP contribution < -0.4 is 0 Å². The molecular formula is C26H36O10. The van der Waals surface area contributed by atoms with Crippen LogP contribution in [-0.2, 0) is 33.3 Å². The molecular weight excluding hydrogens is 472 g/mol. The number of aliphatic hydroxyl groups is 3. The highest BCUT2D eigenvalue weighted by Crippen LogP contribution is 2.61. The van der Waals surface area contributed by atoms with Gasteiger partial charge in [0.05, 0.1) is 24.7 Å². The minimum atomic E-state index is -2.03. The van der Waals surface area contributed by atoms with Crippen LogP contribution in [0.5, 0.6) is 0 Å². The third-order valence-corrected chi connectivity index (χ3v) is 8.49. The Morgan fingerprint density at radius 3 is 2.53 bits per heavy atom. The normalized spacial score (nSPS) is 45.4. The second kappa shape index (κ2) is 9.55. The molecule has 2 aliphatic carbocycles. The van der Waals surface area contributed by atoms with Gasteiger partial charge in [0.1, 0.15) is 18.3 Å². The Bertz CT molecular complexity index is 974. The fraction of sp³-hybridized carbons (Fsp3) is 0.731. The standard InChI is InChI=1S/C26H36O10/c1-6-7-18(30)35-20-12(2)19-22(33-14(4)28)26(32)13(3)24(31)34-17(26)10-15(11-27)8-9-16(29)25(19,5)23-21(20)36-23/h8-10,12-13,16-17,19-23,27,29,32H,6-7,11H2,1-5H3. The minimum absolute atomic E-state index is 0.224. The Labute approximate surface area is 210 Å². The van der Waals surface area contributed by atoms with Gasteiger partial charge < -0.3 is 34.3 Å². The summed E-state index contributed by atoms with van der Waals surface area (Å²) in [6.45, 7) is 7.70. The van der Waals surface area contributed by atoms with Crippen molar-refractivity contribution in [1.82, 2.24) is 0 Å². The van der Waals surface area contributed by atoms with Crippen LogP contribution in [0.1, 0.15) is 47.5 Å². The summed E-state index contributed by atoms with van der Waals surface area (Å²) in [7, 11) is 0. The first kappa shape index (κ1) is 26.8. The smallest absolute Gasteiger partial charge is 0.312 e. The van der Waals surface area contributed by atoms with E-state index in [0.717, 1.165) is 0 Å². The van der Waals surface area contributed by atoms with Gasteiger partial charge >= 0.3 is 17.9 Å². The number of epoxide rings is 1. The second-order valence-electron chi connectivity index (χ2n) is 10.7. The van der Waals surface area contributed by atoms with E-state index in [1.807, 2.05) is 6.92 Å². The molecule has 0 radical (unpaired) electrons. The van der Waals surface area contributed by atoms with Gasteiger partial charge in [-0.25, -0.2) is 0 Å². The highest BCUT2D eigenvalue weighted by molar-refractivity contribution is 5.77. The second-order valence-corrected chi connectivity index (χ2v) is 10.7. The first-order valence-electron chi connectivity index (χ1n) is 12.5. The zero-order chi connectivity index (χ0) is 26.6. The van der Waals surface area contributed by atoms with Crippen molar-refractivity contribution in [3.8, 4) is 0 Å². The van der Waals surface area contributed by atoms with Crippen LogP contribution in [0.2, 0.25) is 0 Å². The van der Waals surface area contributed by atoms with Crippen LogP contribution in [-0.4, -0.2) is 82.1 Å². The molecule has 36 heavy (non-hydrogen) atoms. The van der Waals surface area contributed by atoms with Gasteiger partial charge in [-0.2, -0.15) is 0 Å². The zero-order valence-corrected chi connectivity index (χ0v) is 21.2. The van der Waals surface area contributed by atoms with Crippen LogP contribution in [0.15, 0.2) is 23.8 Å². The highest BCUT2D eigenvalue weighted by Gasteiger charge is 2.74. The van der Waals surface area contributed by atoms with E-state index in [9.17, 15) is 29.7 Å². The van der Waals surface area contributed by atoms with E-state index in [0.29, 0.717) is 12.0 Å². The van der Waals surface area contributed by atoms with Gasteiger partial charge in [-0.3, -0.25) is 14.4 Å². The maximum Gasteiger partial charge on any atom is 0.312 e. The van der Waals surface area contributed by atoms with Crippen molar-refractivity contribution in [1.29, 1.82) is 0 Å². The minimum Gasteiger partial charge on any atom is -0.459 e. The summed E-state index contributed by atoms with van der Waals surface area (Å²) < 4.78 is 23.1. The number of hydrogen-bond acceptors (Lipinski definition) is 10. The van der Waals surface area contributed by atoms with Crippen LogP contribution in [0.25, 0.3) is 0 Å². The van der Waals surface area contributed by atoms with E-state index >= 15 is 0 Å². The Morgan fingerprint density at radius 2 is 1.92 bits per heavy atom. The molecule has 2 heterocycles. The lowest BCUT2D eigenvalue weighted by molar-refractivity contribution is -0.216. The van der Waals surface area contributed by atoms with Crippen molar-refractivity contribution >= 4 is 17.9 Å². The summed E-state index contributed by atoms with van der Waals surface area (Å²) in [6, 6.07) is 0. The maximum atomic E-state index is 12.7. The number of rotatable bonds is 5. The largest absolute Gasteiger partial charge is 0.459 e. The van der Waals surface area contributed by atoms with Crippen LogP contribution in [0, 0.1) is 23.2 Å². The van der Waals surface area contributed by atoms with Crippen molar-refractivity contribution in [3.63, 3.8) is 0 Å². The Hall–Kier alpha value is -2.27. The molecule has 4 rings (SSSR count). The Kier molecular flexibility index (Phi) is 7.11. The van der Waals surface area contributed by atoms with Crippen molar-refractivity contribution in [2.75, 3.05) is 6.61 Å². The number of carbonyl (C=O) groups is 3. The van der Waals surface area contributed by atoms with Crippen molar-refractivity contribution in [2.45, 2.75) is 89.7 Å². The summed E-state index contributed by atoms with van der Waals surface area (Å²) in [5.41, 5.74) is -2.84. The molecule has 0 aromatic rings. The molecule has 10 heteroatoms. The van der Waals surface area contributed by atoms with E-state index in [1.54, 1.807) is 13.8 Å². The summed E-state index contributed by atoms with van der Waals surface area (Å²) in [6.07, 6.45) is -0.211. The third-order valence-electron chi connectivity index (χ3n) is 8.49. The SMILES string of the molecule is CCCC(=O)OC1C(C)C2C(OC(C)=O)C3(O)C(C=C(CO)C=CC(O)C2(C)C2OC12)OC(=O)C3C. The van der Waals surface area contributed by atoms with E-state index < -0.39 is 89.9 Å². The summed E-state index contributed by atoms with van der Waals surface area (Å²) in [5, 5.41) is 33.5. The van der Waals surface area contributed by atoms with Gasteiger partial charge in [0.15, 0.2) is 11.7 Å². The van der Waals surface area contributed by atoms with Crippen molar-refractivity contribution in [2.24, 2.45) is 23.2 Å². The molecule has 4 aliphatic rings. The summed E-state index contributed by atoms with van der Waals surface area (Å²) in [4.78, 5) is 37.6. The maximum absolute atomic E-state index is 12.7. The fourth-order valence-corrected chi connectivity index (χ4v) is 6.43. The molecule has 200 valence electrons. The highest BCUT2D eigenvalue weighted by atomic mass is 16.6. The quantitative estimate of drug-likeness (QED) is 0.276. The Morgan fingerprint density at radius 1 is 1.22 bits per heavy atom. The molecule has 0 amide bonds. The van der Waals surface area contributed by atoms with Gasteiger partial charge in [-0.15, -0.1) is 0 Å². The van der Waals surface area contributed by atoms with Gasteiger partial charge in [0.25, 0.3) is 0 Å². The number of fused-ring (bicyclic) bond motifs is 4. The average molecular weight is 509 g/mol. The lowest BCUT2D eigenvalue weighted by Gasteiger charge is -2.53. The number of esters is 3. The van der Waals surface area contributed by atoms with E-state index in [2.05, 4.69) is 0 Å². The van der Waals surface area contributed by atoms with Gasteiger partial charge in [-0.05, 0) is 25.0 Å². The first-order chi connectivity index (χ1) is 16.9. The monoisotopic (exact) mass is 508 g/mol. The number of carbonyl (C=O) groups excluding carboxylic acids is 3. The zero-order valence-electron chi connectivity index (χ0n) is 21.2. The van der Waals surface area contributed by atoms with Gasteiger partial charge in [-0.1, -0.05) is 32.9 Å². The lowest BCUT2D eigenvalue weighted by atomic mass is 9.54. The van der Waals surface area contributed by atoms with E-state index in [1.165, 1.54) is 32.1 Å². The van der Waals surface area contributed by atoms with Crippen LogP contribution in [0.4, 0.5) is 0 Å². The first-order valence-corrected chi connectivity index (χ1v) is 12.5. The van der Waals surface area contributed by atoms with Crippen LogP contribution >= 0.6 is 0 Å². The molecule has 0 aromatic heterocycles. The molecule has 1 saturated carbocycles. The molecule has 3 fully saturated rings. The molecule has 0 aromatic carbocycles. The molecule has 10 nitrogen and oxygen atoms in total. The summed E-state index contributed by atoms with van der Waals surface area (Å²) >= 11 is 0. The molecule has 0 spiro atoms. The molecule has 0 bridgehead atoms. The van der Waals surface area contributed by atoms with Crippen molar-refractivity contribution in [3.05, 3.63) is 23.8 Å². The van der Waals surface area contributed by atoms with Gasteiger partial charge in [0, 0.05) is 30.6 Å². The predicted molar refractivity (Wildman–Crippen MR) is 124 cm³/mol. The van der Waals surface area contributed by atoms with Crippen LogP contribution in [0.3, 0.4) is 0 Å². The molecule has 11 unspecified atom stereocenters. The molecule has 11 atom stereocenters. The number of ether oxygens (including phenoxy) is 4. The number of aliphatic hydroxyl groups excluding tert-OH is 2. The van der Waals surface area contributed by atoms with Gasteiger partial charge in [0.2, 0.25) is 0 Å².